The van der Waals surface area contributed by atoms with E-state index in [1.54, 1.807) is 0 Å². The molecule has 0 atom stereocenters. The second-order valence-electron chi connectivity index (χ2n) is 7.18. The molecule has 4 nitrogen and oxygen atoms in total. The Kier molecular flexibility index (Phi) is 4.63. The molecule has 20 heavy (non-hydrogen) atoms. The van der Waals surface area contributed by atoms with Gasteiger partial charge in [0.05, 0.1) is 0 Å². The lowest BCUT2D eigenvalue weighted by molar-refractivity contribution is 0.423. The molecule has 1 N–H and O–H groups in total. The van der Waals surface area contributed by atoms with Crippen LogP contribution < -0.4 is 10.2 Å². The molecule has 1 fully saturated rings. The van der Waals surface area contributed by atoms with Crippen LogP contribution in [0.5, 0.6) is 0 Å². The van der Waals surface area contributed by atoms with Gasteiger partial charge in [-0.2, -0.15) is 0 Å². The Morgan fingerprint density at radius 3 is 2.30 bits per heavy atom. The standard InChI is InChI=1S/C16H28N4/c1-12(2)20(11-13-6-7-13)15-17-8-14(9-18-15)10-19-16(3,4)5/h8-9,12-13,19H,6-7,10-11H2,1-5H3. The highest BCUT2D eigenvalue weighted by molar-refractivity contribution is 5.31. The summed E-state index contributed by atoms with van der Waals surface area (Å²) in [6, 6.07) is 0.453. The molecule has 1 heterocycles. The fraction of sp³-hybridized carbons (Fsp3) is 0.750. The van der Waals surface area contributed by atoms with Gasteiger partial charge in [-0.25, -0.2) is 9.97 Å². The van der Waals surface area contributed by atoms with Crippen LogP contribution in [0, 0.1) is 5.92 Å². The highest BCUT2D eigenvalue weighted by atomic mass is 15.3. The van der Waals surface area contributed by atoms with Crippen LogP contribution in [0.3, 0.4) is 0 Å². The molecule has 0 radical (unpaired) electrons. The Labute approximate surface area is 123 Å². The van der Waals surface area contributed by atoms with E-state index in [4.69, 9.17) is 0 Å². The van der Waals surface area contributed by atoms with E-state index in [0.717, 1.165) is 30.5 Å². The van der Waals surface area contributed by atoms with Crippen molar-refractivity contribution >= 4 is 5.95 Å². The van der Waals surface area contributed by atoms with Crippen LogP contribution >= 0.6 is 0 Å². The van der Waals surface area contributed by atoms with E-state index in [0.29, 0.717) is 6.04 Å². The van der Waals surface area contributed by atoms with E-state index in [1.165, 1.54) is 12.8 Å². The van der Waals surface area contributed by atoms with E-state index in [-0.39, 0.29) is 5.54 Å². The predicted molar refractivity (Wildman–Crippen MR) is 83.8 cm³/mol. The van der Waals surface area contributed by atoms with Gasteiger partial charge in [-0.3, -0.25) is 0 Å². The zero-order chi connectivity index (χ0) is 14.8. The number of hydrogen-bond acceptors (Lipinski definition) is 4. The van der Waals surface area contributed by atoms with Crippen molar-refractivity contribution < 1.29 is 0 Å². The molecule has 0 saturated heterocycles. The maximum absolute atomic E-state index is 4.56. The fourth-order valence-electron chi connectivity index (χ4n) is 2.06. The van der Waals surface area contributed by atoms with Gasteiger partial charge in [-0.15, -0.1) is 0 Å². The van der Waals surface area contributed by atoms with E-state index in [1.807, 2.05) is 12.4 Å². The third-order valence-electron chi connectivity index (χ3n) is 3.55. The number of nitrogens with one attached hydrogen (secondary N) is 1. The van der Waals surface area contributed by atoms with Crippen LogP contribution in [-0.4, -0.2) is 28.1 Å². The van der Waals surface area contributed by atoms with Crippen LogP contribution in [0.2, 0.25) is 0 Å². The van der Waals surface area contributed by atoms with E-state index < -0.39 is 0 Å². The lowest BCUT2D eigenvalue weighted by atomic mass is 10.1. The second-order valence-corrected chi connectivity index (χ2v) is 7.18. The quantitative estimate of drug-likeness (QED) is 0.867. The molecular weight excluding hydrogens is 248 g/mol. The predicted octanol–water partition coefficient (Wildman–Crippen LogP) is 2.99. The lowest BCUT2D eigenvalue weighted by Crippen LogP contribution is -2.35. The van der Waals surface area contributed by atoms with Gasteiger partial charge in [0.15, 0.2) is 0 Å². The maximum atomic E-state index is 4.56. The van der Waals surface area contributed by atoms with Crippen molar-refractivity contribution in [2.75, 3.05) is 11.4 Å². The Bertz CT molecular complexity index is 415. The summed E-state index contributed by atoms with van der Waals surface area (Å²) in [4.78, 5) is 11.4. The van der Waals surface area contributed by atoms with Gasteiger partial charge in [0, 0.05) is 42.6 Å². The van der Waals surface area contributed by atoms with Gasteiger partial charge < -0.3 is 10.2 Å². The molecule has 0 bridgehead atoms. The monoisotopic (exact) mass is 276 g/mol. The first kappa shape index (κ1) is 15.2. The van der Waals surface area contributed by atoms with Crippen LogP contribution in [0.15, 0.2) is 12.4 Å². The highest BCUT2D eigenvalue weighted by Crippen LogP contribution is 2.31. The van der Waals surface area contributed by atoms with E-state index in [2.05, 4.69) is 54.8 Å². The molecule has 1 aromatic heterocycles. The van der Waals surface area contributed by atoms with Gasteiger partial charge in [-0.05, 0) is 53.4 Å². The molecule has 4 heteroatoms. The Hall–Kier alpha value is -1.16. The molecular formula is C16H28N4. The largest absolute Gasteiger partial charge is 0.338 e. The average Bonchev–Trinajstić information content (AvgIpc) is 3.17. The molecule has 2 rings (SSSR count). The first-order valence-electron chi connectivity index (χ1n) is 7.68. The maximum Gasteiger partial charge on any atom is 0.225 e. The van der Waals surface area contributed by atoms with Gasteiger partial charge in [0.2, 0.25) is 5.95 Å². The third-order valence-corrected chi connectivity index (χ3v) is 3.55. The van der Waals surface area contributed by atoms with E-state index in [9.17, 15) is 0 Å². The first-order valence-corrected chi connectivity index (χ1v) is 7.68. The Morgan fingerprint density at radius 1 is 1.25 bits per heavy atom. The summed E-state index contributed by atoms with van der Waals surface area (Å²) in [7, 11) is 0. The smallest absolute Gasteiger partial charge is 0.225 e. The number of hydrogen-bond donors (Lipinski definition) is 1. The van der Waals surface area contributed by atoms with Crippen molar-refractivity contribution in [2.24, 2.45) is 5.92 Å². The van der Waals surface area contributed by atoms with Crippen LogP contribution in [0.25, 0.3) is 0 Å². The van der Waals surface area contributed by atoms with Crippen molar-refractivity contribution in [1.29, 1.82) is 0 Å². The van der Waals surface area contributed by atoms with Crippen LogP contribution in [-0.2, 0) is 6.54 Å². The minimum absolute atomic E-state index is 0.120. The summed E-state index contributed by atoms with van der Waals surface area (Å²) in [5.74, 6) is 1.72. The molecule has 0 unspecified atom stereocenters. The molecule has 112 valence electrons. The van der Waals surface area contributed by atoms with Crippen molar-refractivity contribution in [3.8, 4) is 0 Å². The number of anilines is 1. The zero-order valence-electron chi connectivity index (χ0n) is 13.5. The molecule has 1 aliphatic rings. The summed E-state index contributed by atoms with van der Waals surface area (Å²) in [5, 5.41) is 3.46. The minimum Gasteiger partial charge on any atom is -0.338 e. The van der Waals surface area contributed by atoms with Crippen LogP contribution in [0.4, 0.5) is 5.95 Å². The van der Waals surface area contributed by atoms with Crippen LogP contribution in [0.1, 0.15) is 53.0 Å². The van der Waals surface area contributed by atoms with Crippen molar-refractivity contribution in [3.05, 3.63) is 18.0 Å². The summed E-state index contributed by atoms with van der Waals surface area (Å²) in [5.41, 5.74) is 1.26. The number of aromatic nitrogens is 2. The molecule has 0 aliphatic heterocycles. The topological polar surface area (TPSA) is 41.1 Å². The average molecular weight is 276 g/mol. The van der Waals surface area contributed by atoms with Gasteiger partial charge in [0.1, 0.15) is 0 Å². The van der Waals surface area contributed by atoms with E-state index >= 15 is 0 Å². The summed E-state index contributed by atoms with van der Waals surface area (Å²) in [6.45, 7) is 12.8. The summed E-state index contributed by atoms with van der Waals surface area (Å²) < 4.78 is 0. The molecule has 1 aromatic rings. The first-order chi connectivity index (χ1) is 9.35. The Morgan fingerprint density at radius 2 is 1.85 bits per heavy atom. The Balaban J connectivity index is 1.98. The van der Waals surface area contributed by atoms with Gasteiger partial charge in [0.25, 0.3) is 0 Å². The number of nitrogens with zero attached hydrogens (tertiary/aromatic N) is 3. The molecule has 0 aromatic carbocycles. The fourth-order valence-corrected chi connectivity index (χ4v) is 2.06. The lowest BCUT2D eigenvalue weighted by Gasteiger charge is -2.27. The summed E-state index contributed by atoms with van der Waals surface area (Å²) in [6.07, 6.45) is 6.61. The SMILES string of the molecule is CC(C)N(CC1CC1)c1ncc(CNC(C)(C)C)cn1. The third kappa shape index (κ3) is 4.75. The minimum atomic E-state index is 0.120. The molecule has 0 amide bonds. The highest BCUT2D eigenvalue weighted by Gasteiger charge is 2.26. The van der Waals surface area contributed by atoms with Gasteiger partial charge >= 0.3 is 0 Å². The van der Waals surface area contributed by atoms with Crippen molar-refractivity contribution in [2.45, 2.75) is 65.6 Å². The summed E-state index contributed by atoms with van der Waals surface area (Å²) >= 11 is 0. The molecule has 1 aliphatic carbocycles. The normalized spacial score (nSPS) is 15.7. The molecule has 0 spiro atoms. The molecule has 1 saturated carbocycles. The zero-order valence-corrected chi connectivity index (χ0v) is 13.5. The number of rotatable bonds is 6. The second kappa shape index (κ2) is 6.08. The van der Waals surface area contributed by atoms with Gasteiger partial charge in [-0.1, -0.05) is 0 Å². The van der Waals surface area contributed by atoms with Crippen molar-refractivity contribution in [3.63, 3.8) is 0 Å². The van der Waals surface area contributed by atoms with Crippen molar-refractivity contribution in [1.82, 2.24) is 15.3 Å².